The summed E-state index contributed by atoms with van der Waals surface area (Å²) in [5.41, 5.74) is 4.33. The second kappa shape index (κ2) is 8.54. The number of amides is 1. The second-order valence-electron chi connectivity index (χ2n) is 8.29. The molecule has 1 unspecified atom stereocenters. The van der Waals surface area contributed by atoms with Gasteiger partial charge in [0.1, 0.15) is 17.5 Å². The van der Waals surface area contributed by atoms with Crippen LogP contribution < -0.4 is 9.47 Å². The number of nitrogens with zero attached hydrogens (tertiary/aromatic N) is 5. The molecule has 33 heavy (non-hydrogen) atoms. The molecule has 0 aliphatic carbocycles. The number of imidazole rings is 1. The molecular weight excluding hydrogens is 418 g/mol. The van der Waals surface area contributed by atoms with Gasteiger partial charge in [-0.1, -0.05) is 0 Å². The number of rotatable bonds is 5. The number of benzene rings is 1. The Morgan fingerprint density at radius 1 is 1.15 bits per heavy atom. The molecule has 0 radical (unpaired) electrons. The molecule has 168 valence electrons. The van der Waals surface area contributed by atoms with Crippen molar-refractivity contribution in [3.05, 3.63) is 66.5 Å². The first-order valence-electron chi connectivity index (χ1n) is 10.9. The number of aromatic nitrogens is 4. The molecule has 1 fully saturated rings. The van der Waals surface area contributed by atoms with E-state index in [-0.39, 0.29) is 12.0 Å². The van der Waals surface area contributed by atoms with Crippen LogP contribution in [-0.4, -0.2) is 56.6 Å². The predicted molar refractivity (Wildman–Crippen MR) is 124 cm³/mol. The maximum absolute atomic E-state index is 12.7. The summed E-state index contributed by atoms with van der Waals surface area (Å²) in [5, 5.41) is 0.987. The van der Waals surface area contributed by atoms with Crippen molar-refractivity contribution in [3.63, 3.8) is 0 Å². The number of carbonyl (C=O) groups is 1. The van der Waals surface area contributed by atoms with Gasteiger partial charge in [-0.2, -0.15) is 0 Å². The van der Waals surface area contributed by atoms with Crippen LogP contribution in [0.15, 0.2) is 55.2 Å². The molecule has 1 aliphatic rings. The molecule has 8 heteroatoms. The molecule has 0 N–H and O–H groups in total. The van der Waals surface area contributed by atoms with Crippen molar-refractivity contribution in [2.45, 2.75) is 19.4 Å². The van der Waals surface area contributed by atoms with Gasteiger partial charge < -0.3 is 18.9 Å². The highest BCUT2D eigenvalue weighted by Crippen LogP contribution is 2.32. The normalized spacial score (nSPS) is 15.7. The van der Waals surface area contributed by atoms with E-state index in [0.29, 0.717) is 24.7 Å². The summed E-state index contributed by atoms with van der Waals surface area (Å²) in [6.07, 6.45) is 7.70. The van der Waals surface area contributed by atoms with E-state index in [0.717, 1.165) is 39.8 Å². The summed E-state index contributed by atoms with van der Waals surface area (Å²) in [4.78, 5) is 27.6. The summed E-state index contributed by atoms with van der Waals surface area (Å²) in [5.74, 6) is 1.31. The fourth-order valence-corrected chi connectivity index (χ4v) is 4.26. The van der Waals surface area contributed by atoms with Crippen LogP contribution in [0.3, 0.4) is 0 Å². The Kier molecular flexibility index (Phi) is 5.42. The van der Waals surface area contributed by atoms with Gasteiger partial charge in [0, 0.05) is 55.1 Å². The topological polar surface area (TPSA) is 82.4 Å². The molecule has 0 spiro atoms. The second-order valence-corrected chi connectivity index (χ2v) is 8.29. The molecule has 4 aromatic rings. The highest BCUT2D eigenvalue weighted by molar-refractivity contribution is 5.95. The number of hydrogen-bond acceptors (Lipinski definition) is 6. The van der Waals surface area contributed by atoms with Gasteiger partial charge in [0.25, 0.3) is 5.91 Å². The number of aryl methyl sites for hydroxylation is 2. The van der Waals surface area contributed by atoms with Crippen molar-refractivity contribution in [3.8, 4) is 22.8 Å². The third-order valence-corrected chi connectivity index (χ3v) is 5.91. The molecule has 4 heterocycles. The molecule has 1 amide bonds. The molecule has 3 aromatic heterocycles. The molecule has 1 atom stereocenters. The summed E-state index contributed by atoms with van der Waals surface area (Å²) in [6, 6.07) is 9.95. The van der Waals surface area contributed by atoms with Gasteiger partial charge in [-0.15, -0.1) is 0 Å². The Balaban J connectivity index is 1.37. The van der Waals surface area contributed by atoms with Crippen molar-refractivity contribution in [2.75, 3.05) is 20.2 Å². The van der Waals surface area contributed by atoms with Crippen LogP contribution in [-0.2, 0) is 7.05 Å². The maximum Gasteiger partial charge on any atom is 0.274 e. The van der Waals surface area contributed by atoms with E-state index < -0.39 is 0 Å². The smallest absolute Gasteiger partial charge is 0.274 e. The fourth-order valence-electron chi connectivity index (χ4n) is 4.26. The van der Waals surface area contributed by atoms with Crippen molar-refractivity contribution in [1.82, 2.24) is 24.4 Å². The zero-order chi connectivity index (χ0) is 22.9. The van der Waals surface area contributed by atoms with Crippen molar-refractivity contribution >= 4 is 16.8 Å². The molecule has 0 bridgehead atoms. The molecule has 5 rings (SSSR count). The summed E-state index contributed by atoms with van der Waals surface area (Å²) in [7, 11) is 3.47. The fraction of sp³-hybridized carbons (Fsp3) is 0.280. The van der Waals surface area contributed by atoms with Gasteiger partial charge in [0.05, 0.1) is 25.5 Å². The molecular formula is C25H25N5O3. The van der Waals surface area contributed by atoms with Crippen molar-refractivity contribution in [1.29, 1.82) is 0 Å². The minimum absolute atomic E-state index is 0.0610. The van der Waals surface area contributed by atoms with E-state index in [1.807, 2.05) is 44.4 Å². The van der Waals surface area contributed by atoms with Crippen LogP contribution in [0, 0.1) is 6.92 Å². The van der Waals surface area contributed by atoms with Gasteiger partial charge in [-0.05, 0) is 42.8 Å². The third-order valence-electron chi connectivity index (χ3n) is 5.91. The lowest BCUT2D eigenvalue weighted by atomic mass is 10.0. The van der Waals surface area contributed by atoms with Gasteiger partial charge in [-0.25, -0.2) is 9.97 Å². The minimum atomic E-state index is -0.0693. The lowest BCUT2D eigenvalue weighted by Gasteiger charge is -2.17. The Bertz CT molecular complexity index is 1330. The van der Waals surface area contributed by atoms with E-state index in [1.165, 1.54) is 0 Å². The van der Waals surface area contributed by atoms with Gasteiger partial charge in [0.2, 0.25) is 5.88 Å². The van der Waals surface area contributed by atoms with Crippen molar-refractivity contribution < 1.29 is 14.3 Å². The van der Waals surface area contributed by atoms with Gasteiger partial charge in [0.15, 0.2) is 0 Å². The average Bonchev–Trinajstić information content (AvgIpc) is 3.47. The Labute approximate surface area is 191 Å². The van der Waals surface area contributed by atoms with E-state index in [1.54, 1.807) is 35.3 Å². The van der Waals surface area contributed by atoms with E-state index in [9.17, 15) is 4.79 Å². The number of pyridine rings is 2. The van der Waals surface area contributed by atoms with Gasteiger partial charge in [-0.3, -0.25) is 9.78 Å². The molecule has 1 saturated heterocycles. The standard InChI is InChI=1S/C25H25N5O3/c1-16-10-17(12-27-24(16)32-3)20-6-8-26-22-5-4-18(11-21(20)22)33-19-7-9-30(13-19)25(31)23-14-29(2)15-28-23/h4-6,8,10-12,14-15,19H,7,9,13H2,1-3H3. The Morgan fingerprint density at radius 2 is 2.03 bits per heavy atom. The number of hydrogen-bond donors (Lipinski definition) is 0. The minimum Gasteiger partial charge on any atom is -0.488 e. The molecule has 1 aromatic carbocycles. The lowest BCUT2D eigenvalue weighted by molar-refractivity contribution is 0.0767. The summed E-state index contributed by atoms with van der Waals surface area (Å²) >= 11 is 0. The van der Waals surface area contributed by atoms with Crippen LogP contribution in [0.1, 0.15) is 22.5 Å². The predicted octanol–water partition coefficient (Wildman–Crippen LogP) is 3.64. The zero-order valence-corrected chi connectivity index (χ0v) is 18.9. The quantitative estimate of drug-likeness (QED) is 0.468. The molecule has 8 nitrogen and oxygen atoms in total. The first-order chi connectivity index (χ1) is 16.0. The van der Waals surface area contributed by atoms with E-state index >= 15 is 0 Å². The van der Waals surface area contributed by atoms with Crippen LogP contribution in [0.4, 0.5) is 0 Å². The number of fused-ring (bicyclic) bond motifs is 1. The van der Waals surface area contributed by atoms with Crippen LogP contribution in [0.2, 0.25) is 0 Å². The monoisotopic (exact) mass is 443 g/mol. The number of carbonyl (C=O) groups excluding carboxylic acids is 1. The third kappa shape index (κ3) is 4.11. The van der Waals surface area contributed by atoms with Crippen LogP contribution in [0.25, 0.3) is 22.0 Å². The Hall–Kier alpha value is -3.94. The summed E-state index contributed by atoms with van der Waals surface area (Å²) in [6.45, 7) is 3.16. The average molecular weight is 444 g/mol. The van der Waals surface area contributed by atoms with Crippen molar-refractivity contribution in [2.24, 2.45) is 7.05 Å². The van der Waals surface area contributed by atoms with E-state index in [2.05, 4.69) is 21.0 Å². The van der Waals surface area contributed by atoms with Crippen LogP contribution >= 0.6 is 0 Å². The largest absolute Gasteiger partial charge is 0.488 e. The SMILES string of the molecule is COc1ncc(-c2ccnc3ccc(OC4CCN(C(=O)c5cn(C)cn5)C4)cc23)cc1C. The van der Waals surface area contributed by atoms with Crippen LogP contribution in [0.5, 0.6) is 11.6 Å². The molecule has 0 saturated carbocycles. The highest BCUT2D eigenvalue weighted by Gasteiger charge is 2.29. The zero-order valence-electron chi connectivity index (χ0n) is 18.9. The number of likely N-dealkylation sites (tertiary alicyclic amines) is 1. The van der Waals surface area contributed by atoms with Gasteiger partial charge >= 0.3 is 0 Å². The Morgan fingerprint density at radius 3 is 2.79 bits per heavy atom. The highest BCUT2D eigenvalue weighted by atomic mass is 16.5. The molecule has 1 aliphatic heterocycles. The maximum atomic E-state index is 12.7. The first kappa shape index (κ1) is 20.9. The number of methoxy groups -OCH3 is 1. The number of ether oxygens (including phenoxy) is 2. The lowest BCUT2D eigenvalue weighted by Crippen LogP contribution is -2.31. The first-order valence-corrected chi connectivity index (χ1v) is 10.9. The summed E-state index contributed by atoms with van der Waals surface area (Å²) < 4.78 is 13.3. The van der Waals surface area contributed by atoms with E-state index in [4.69, 9.17) is 9.47 Å².